The third-order valence-corrected chi connectivity index (χ3v) is 8.29. The van der Waals surface area contributed by atoms with Crippen molar-refractivity contribution >= 4 is 69.4 Å². The number of imide groups is 1. The number of thiazole rings is 1. The van der Waals surface area contributed by atoms with Crippen molar-refractivity contribution < 1.29 is 19.2 Å². The minimum atomic E-state index is -0.535. The second-order valence-electron chi connectivity index (χ2n) is 6.93. The van der Waals surface area contributed by atoms with Gasteiger partial charge in [-0.05, 0) is 35.5 Å². The first kappa shape index (κ1) is 24.3. The molecule has 0 bridgehead atoms. The molecule has 1 fully saturated rings. The fourth-order valence-electron chi connectivity index (χ4n) is 3.06. The molecule has 2 aromatic carbocycles. The molecule has 1 aliphatic heterocycles. The summed E-state index contributed by atoms with van der Waals surface area (Å²) in [5.41, 5.74) is 1.23. The van der Waals surface area contributed by atoms with Crippen LogP contribution in [0.15, 0.2) is 57.8 Å². The molecule has 4 rings (SSSR count). The number of rotatable bonds is 8. The molecule has 0 radical (unpaired) electrons. The zero-order chi connectivity index (χ0) is 24.2. The predicted molar refractivity (Wildman–Crippen MR) is 134 cm³/mol. The molecule has 0 unspecified atom stereocenters. The van der Waals surface area contributed by atoms with E-state index in [0.29, 0.717) is 10.6 Å². The Labute approximate surface area is 212 Å². The Morgan fingerprint density at radius 3 is 2.65 bits per heavy atom. The molecule has 8 nitrogen and oxygen atoms in total. The lowest BCUT2D eigenvalue weighted by molar-refractivity contribution is -0.385. The Morgan fingerprint density at radius 2 is 1.94 bits per heavy atom. The van der Waals surface area contributed by atoms with Gasteiger partial charge in [0, 0.05) is 17.4 Å². The highest BCUT2D eigenvalue weighted by Crippen LogP contribution is 2.38. The number of thioether (sulfide) groups is 2. The lowest BCUT2D eigenvalue weighted by Crippen LogP contribution is -2.27. The standard InChI is InChI=1S/C22H16ClN3O5S3/c1-31-15-8-6-13(7-9-15)12-32-21-24-19(23)17(33-21)10-18-20(27)25(22(28)34-18)11-14-4-2-3-5-16(14)26(29)30/h2-10H,11-12H2,1H3/b18-10+. The minimum absolute atomic E-state index is 0.144. The van der Waals surface area contributed by atoms with Gasteiger partial charge >= 0.3 is 0 Å². The van der Waals surface area contributed by atoms with Gasteiger partial charge in [0.05, 0.1) is 28.4 Å². The maximum absolute atomic E-state index is 12.9. The molecule has 174 valence electrons. The summed E-state index contributed by atoms with van der Waals surface area (Å²) >= 11 is 9.88. The third kappa shape index (κ3) is 5.44. The first-order valence-corrected chi connectivity index (χ1v) is 12.7. The molecule has 0 spiro atoms. The molecule has 1 saturated heterocycles. The van der Waals surface area contributed by atoms with Crippen LogP contribution in [0.3, 0.4) is 0 Å². The van der Waals surface area contributed by atoms with Gasteiger partial charge < -0.3 is 4.74 Å². The van der Waals surface area contributed by atoms with Crippen LogP contribution in [0.4, 0.5) is 10.5 Å². The maximum atomic E-state index is 12.9. The van der Waals surface area contributed by atoms with Crippen LogP contribution < -0.4 is 4.74 Å². The van der Waals surface area contributed by atoms with Gasteiger partial charge in [-0.2, -0.15) is 0 Å². The summed E-state index contributed by atoms with van der Waals surface area (Å²) in [6, 6.07) is 13.7. The maximum Gasteiger partial charge on any atom is 0.293 e. The number of ether oxygens (including phenoxy) is 1. The molecule has 34 heavy (non-hydrogen) atoms. The minimum Gasteiger partial charge on any atom is -0.497 e. The molecule has 3 aromatic rings. The van der Waals surface area contributed by atoms with E-state index in [9.17, 15) is 19.7 Å². The first-order chi connectivity index (χ1) is 16.4. The summed E-state index contributed by atoms with van der Waals surface area (Å²) in [7, 11) is 1.61. The Hall–Kier alpha value is -2.86. The number of hydrogen-bond donors (Lipinski definition) is 0. The van der Waals surface area contributed by atoms with Crippen LogP contribution in [0, 0.1) is 10.1 Å². The van der Waals surface area contributed by atoms with E-state index in [1.807, 2.05) is 24.3 Å². The number of hydrogen-bond acceptors (Lipinski definition) is 9. The van der Waals surface area contributed by atoms with Crippen LogP contribution in [0.5, 0.6) is 5.75 Å². The number of halogens is 1. The van der Waals surface area contributed by atoms with Crippen molar-refractivity contribution in [2.24, 2.45) is 0 Å². The number of benzene rings is 2. The average Bonchev–Trinajstić information content (AvgIpc) is 3.31. The molecule has 2 heterocycles. The topological polar surface area (TPSA) is 103 Å². The zero-order valence-corrected chi connectivity index (χ0v) is 20.8. The quantitative estimate of drug-likeness (QED) is 0.145. The number of aromatic nitrogens is 1. The van der Waals surface area contributed by atoms with E-state index in [4.69, 9.17) is 16.3 Å². The van der Waals surface area contributed by atoms with Gasteiger partial charge in [-0.3, -0.25) is 24.6 Å². The van der Waals surface area contributed by atoms with Crippen LogP contribution in [0.25, 0.3) is 6.08 Å². The summed E-state index contributed by atoms with van der Waals surface area (Å²) in [6.45, 7) is -0.182. The van der Waals surface area contributed by atoms with Crippen molar-refractivity contribution in [2.75, 3.05) is 7.11 Å². The Morgan fingerprint density at radius 1 is 1.21 bits per heavy atom. The molecule has 12 heteroatoms. The molecule has 0 saturated carbocycles. The van der Waals surface area contributed by atoms with E-state index in [2.05, 4.69) is 4.98 Å². The predicted octanol–water partition coefficient (Wildman–Crippen LogP) is 6.24. The number of carbonyl (C=O) groups excluding carboxylic acids is 2. The molecule has 1 aromatic heterocycles. The Bertz CT molecular complexity index is 1290. The molecule has 0 N–H and O–H groups in total. The number of para-hydroxylation sites is 1. The number of carbonyl (C=O) groups is 2. The SMILES string of the molecule is COc1ccc(CSc2nc(Cl)c(/C=C3/SC(=O)N(Cc4ccccc4[N+](=O)[O-])C3=O)s2)cc1. The Kier molecular flexibility index (Phi) is 7.57. The van der Waals surface area contributed by atoms with Crippen molar-refractivity contribution in [3.63, 3.8) is 0 Å². The van der Waals surface area contributed by atoms with Crippen LogP contribution in [0.2, 0.25) is 5.15 Å². The van der Waals surface area contributed by atoms with E-state index < -0.39 is 16.1 Å². The largest absolute Gasteiger partial charge is 0.497 e. The van der Waals surface area contributed by atoms with E-state index in [0.717, 1.165) is 32.3 Å². The van der Waals surface area contributed by atoms with Gasteiger partial charge in [0.15, 0.2) is 4.34 Å². The molecular formula is C22H16ClN3O5S3. The van der Waals surface area contributed by atoms with E-state index in [1.165, 1.54) is 41.3 Å². The van der Waals surface area contributed by atoms with Gasteiger partial charge in [-0.15, -0.1) is 11.3 Å². The molecular weight excluding hydrogens is 518 g/mol. The fourth-order valence-corrected chi connectivity index (χ4v) is 6.26. The Balaban J connectivity index is 1.47. The van der Waals surface area contributed by atoms with Crippen LogP contribution >= 0.6 is 46.5 Å². The zero-order valence-electron chi connectivity index (χ0n) is 17.6. The average molecular weight is 534 g/mol. The molecule has 1 aliphatic rings. The van der Waals surface area contributed by atoms with Gasteiger partial charge in [0.25, 0.3) is 16.8 Å². The monoisotopic (exact) mass is 533 g/mol. The highest BCUT2D eigenvalue weighted by atomic mass is 35.5. The van der Waals surface area contributed by atoms with Crippen LogP contribution in [-0.2, 0) is 17.1 Å². The van der Waals surface area contributed by atoms with E-state index >= 15 is 0 Å². The van der Waals surface area contributed by atoms with Gasteiger partial charge in [0.1, 0.15) is 10.9 Å². The van der Waals surface area contributed by atoms with Crippen molar-refractivity contribution in [2.45, 2.75) is 16.6 Å². The number of nitro groups is 1. The van der Waals surface area contributed by atoms with E-state index in [-0.39, 0.29) is 27.9 Å². The van der Waals surface area contributed by atoms with Crippen molar-refractivity contribution in [1.29, 1.82) is 0 Å². The first-order valence-electron chi connectivity index (χ1n) is 9.75. The summed E-state index contributed by atoms with van der Waals surface area (Å²) in [6.07, 6.45) is 1.54. The molecule has 0 aliphatic carbocycles. The van der Waals surface area contributed by atoms with Crippen molar-refractivity contribution in [1.82, 2.24) is 9.88 Å². The van der Waals surface area contributed by atoms with Crippen LogP contribution in [-0.4, -0.2) is 33.1 Å². The third-order valence-electron chi connectivity index (χ3n) is 4.76. The number of nitrogens with zero attached hydrogens (tertiary/aromatic N) is 3. The highest BCUT2D eigenvalue weighted by molar-refractivity contribution is 8.18. The number of methoxy groups -OCH3 is 1. The smallest absolute Gasteiger partial charge is 0.293 e. The summed E-state index contributed by atoms with van der Waals surface area (Å²) in [5.74, 6) is 0.939. The summed E-state index contributed by atoms with van der Waals surface area (Å²) in [5, 5.41) is 11.0. The fraction of sp³-hybridized carbons (Fsp3) is 0.136. The summed E-state index contributed by atoms with van der Waals surface area (Å²) in [4.78, 5) is 42.1. The van der Waals surface area contributed by atoms with Crippen LogP contribution in [0.1, 0.15) is 16.0 Å². The normalized spacial score (nSPS) is 14.8. The van der Waals surface area contributed by atoms with Gasteiger partial charge in [-0.1, -0.05) is 53.7 Å². The van der Waals surface area contributed by atoms with Gasteiger partial charge in [0.2, 0.25) is 0 Å². The number of amides is 2. The highest BCUT2D eigenvalue weighted by Gasteiger charge is 2.36. The molecule has 0 atom stereocenters. The second kappa shape index (κ2) is 10.6. The second-order valence-corrected chi connectivity index (χ2v) is 10.5. The van der Waals surface area contributed by atoms with Crippen molar-refractivity contribution in [3.05, 3.63) is 84.7 Å². The number of nitro benzene ring substituents is 1. The lowest BCUT2D eigenvalue weighted by Gasteiger charge is -2.12. The van der Waals surface area contributed by atoms with E-state index in [1.54, 1.807) is 19.3 Å². The molecule has 2 amide bonds. The lowest BCUT2D eigenvalue weighted by atomic mass is 10.1. The van der Waals surface area contributed by atoms with Gasteiger partial charge in [-0.25, -0.2) is 4.98 Å². The summed E-state index contributed by atoms with van der Waals surface area (Å²) < 4.78 is 5.89. The van der Waals surface area contributed by atoms with Crippen molar-refractivity contribution in [3.8, 4) is 5.75 Å².